The van der Waals surface area contributed by atoms with E-state index in [0.29, 0.717) is 25.0 Å². The number of aromatic carboxylic acids is 1. The zero-order valence-corrected chi connectivity index (χ0v) is 39.5. The summed E-state index contributed by atoms with van der Waals surface area (Å²) < 4.78 is 6.10. The molecule has 0 bridgehead atoms. The van der Waals surface area contributed by atoms with E-state index in [0.717, 1.165) is 119 Å². The molecule has 13 nitrogen and oxygen atoms in total. The average Bonchev–Trinajstić information content (AvgIpc) is 4.09. The van der Waals surface area contributed by atoms with Gasteiger partial charge in [0.05, 0.1) is 45.6 Å². The number of β-amino-alcohol motifs (C(OH)–C–C–N with tert-alkyl or cyclic N) is 1. The molecule has 3 atom stereocenters. The average molecular weight is 917 g/mol. The van der Waals surface area contributed by atoms with Crippen molar-refractivity contribution in [3.63, 3.8) is 0 Å². The summed E-state index contributed by atoms with van der Waals surface area (Å²) in [6.07, 6.45) is 12.1. The zero-order chi connectivity index (χ0) is 46.8. The van der Waals surface area contributed by atoms with E-state index in [1.54, 1.807) is 23.7 Å². The molecule has 350 valence electrons. The van der Waals surface area contributed by atoms with Crippen LogP contribution in [0.3, 0.4) is 0 Å². The molecule has 1 aliphatic heterocycles. The van der Waals surface area contributed by atoms with Gasteiger partial charge >= 0.3 is 5.97 Å². The number of hydrogen-bond donors (Lipinski definition) is 4. The number of aromatic nitrogens is 3. The Morgan fingerprint density at radius 1 is 0.879 bits per heavy atom. The predicted octanol–water partition coefficient (Wildman–Crippen LogP) is 9.39. The highest BCUT2D eigenvalue weighted by Crippen LogP contribution is 2.39. The van der Waals surface area contributed by atoms with Crippen LogP contribution >= 0.6 is 11.3 Å². The first-order valence-electron chi connectivity index (χ1n) is 23.6. The van der Waals surface area contributed by atoms with E-state index in [9.17, 15) is 29.4 Å². The molecule has 1 saturated carbocycles. The number of ether oxygens (including phenoxy) is 1. The van der Waals surface area contributed by atoms with Crippen LogP contribution in [0.25, 0.3) is 32.6 Å². The molecule has 66 heavy (non-hydrogen) atoms. The molecule has 0 radical (unpaired) electrons. The first kappa shape index (κ1) is 48.2. The summed E-state index contributed by atoms with van der Waals surface area (Å²) in [5, 5.41) is 27.2. The Balaban J connectivity index is 0.802. The minimum atomic E-state index is -0.893. The summed E-state index contributed by atoms with van der Waals surface area (Å²) in [7, 11) is 0. The standard InChI is InChI=1S/C52H64N6O7S/c1-33-47(66-32-56-33)36-19-17-34(18-20-36)29-53-49(61)44-27-38(59)30-58(44)50(62)48(52(2,3)4)57-45(60)16-10-8-6-5-7-9-13-25-65-39-22-24-41-43(28-39)54-31-55-46(41)37-21-23-40(51(63)64)42(26-37)35-14-11-12-15-35/h17-24,26,28,31-32,35,38,44,48,59H,5-16,25,27,29-30H2,1-4H3,(H,53,61)(H,57,60)(H,63,64). The first-order valence-corrected chi connectivity index (χ1v) is 24.4. The van der Waals surface area contributed by atoms with Gasteiger partial charge in [-0.15, -0.1) is 11.3 Å². The highest BCUT2D eigenvalue weighted by molar-refractivity contribution is 7.13. The van der Waals surface area contributed by atoms with Gasteiger partial charge in [-0.3, -0.25) is 14.4 Å². The van der Waals surface area contributed by atoms with E-state index >= 15 is 0 Å². The first-order chi connectivity index (χ1) is 31.8. The van der Waals surface area contributed by atoms with Crippen molar-refractivity contribution in [2.45, 2.75) is 142 Å². The van der Waals surface area contributed by atoms with Crippen LogP contribution in [0.15, 0.2) is 72.5 Å². The number of aliphatic hydroxyl groups is 1. The van der Waals surface area contributed by atoms with Crippen LogP contribution in [0.1, 0.15) is 137 Å². The van der Waals surface area contributed by atoms with Gasteiger partial charge in [-0.25, -0.2) is 19.7 Å². The summed E-state index contributed by atoms with van der Waals surface area (Å²) >= 11 is 1.58. The lowest BCUT2D eigenvalue weighted by molar-refractivity contribution is -0.144. The second-order valence-corrected chi connectivity index (χ2v) is 19.9. The van der Waals surface area contributed by atoms with Crippen molar-refractivity contribution in [1.82, 2.24) is 30.5 Å². The molecule has 2 fully saturated rings. The topological polar surface area (TPSA) is 184 Å². The molecule has 2 aliphatic rings. The second kappa shape index (κ2) is 22.2. The maximum atomic E-state index is 14.0. The van der Waals surface area contributed by atoms with Crippen molar-refractivity contribution < 1.29 is 34.1 Å². The summed E-state index contributed by atoms with van der Waals surface area (Å²) in [5.74, 6) is -0.783. The van der Waals surface area contributed by atoms with E-state index in [4.69, 9.17) is 4.74 Å². The van der Waals surface area contributed by atoms with Crippen LogP contribution in [-0.2, 0) is 20.9 Å². The Morgan fingerprint density at radius 3 is 2.29 bits per heavy atom. The lowest BCUT2D eigenvalue weighted by Gasteiger charge is -2.35. The quantitative estimate of drug-likeness (QED) is 0.0549. The van der Waals surface area contributed by atoms with Crippen molar-refractivity contribution in [2.75, 3.05) is 13.2 Å². The third kappa shape index (κ3) is 12.2. The van der Waals surface area contributed by atoms with E-state index in [1.165, 1.54) is 4.90 Å². The Hall–Kier alpha value is -5.73. The number of carboxylic acids is 1. The van der Waals surface area contributed by atoms with Gasteiger partial charge in [0.1, 0.15) is 24.2 Å². The molecule has 14 heteroatoms. The highest BCUT2D eigenvalue weighted by atomic mass is 32.1. The molecule has 3 aromatic carbocycles. The van der Waals surface area contributed by atoms with E-state index < -0.39 is 29.6 Å². The maximum absolute atomic E-state index is 14.0. The number of carbonyl (C=O) groups excluding carboxylic acids is 3. The number of likely N-dealkylation sites (tertiary alicyclic amines) is 1. The minimum absolute atomic E-state index is 0.0322. The molecular formula is C52H64N6O7S. The lowest BCUT2D eigenvalue weighted by Crippen LogP contribution is -2.57. The van der Waals surface area contributed by atoms with Gasteiger partial charge in [0, 0.05) is 42.9 Å². The Bertz CT molecular complexity index is 2480. The number of aryl methyl sites for hydroxylation is 1. The van der Waals surface area contributed by atoms with Gasteiger partial charge in [-0.1, -0.05) is 96.0 Å². The molecule has 7 rings (SSSR count). The van der Waals surface area contributed by atoms with Crippen LogP contribution in [0.4, 0.5) is 0 Å². The number of nitrogens with one attached hydrogen (secondary N) is 2. The molecule has 4 N–H and O–H groups in total. The van der Waals surface area contributed by atoms with Gasteiger partial charge in [0.2, 0.25) is 17.7 Å². The van der Waals surface area contributed by atoms with Crippen molar-refractivity contribution in [3.8, 4) is 27.4 Å². The minimum Gasteiger partial charge on any atom is -0.494 e. The normalized spacial score (nSPS) is 17.0. The molecule has 5 aromatic rings. The van der Waals surface area contributed by atoms with Gasteiger partial charge in [0.15, 0.2) is 0 Å². The number of amides is 3. The number of aliphatic hydroxyl groups excluding tert-OH is 1. The van der Waals surface area contributed by atoms with Gasteiger partial charge in [0.25, 0.3) is 0 Å². The zero-order valence-electron chi connectivity index (χ0n) is 38.7. The summed E-state index contributed by atoms with van der Waals surface area (Å²) in [4.78, 5) is 68.6. The molecule has 3 unspecified atom stereocenters. The fraction of sp³-hybridized carbons (Fsp3) is 0.481. The van der Waals surface area contributed by atoms with Crippen LogP contribution in [0.5, 0.6) is 5.75 Å². The van der Waals surface area contributed by atoms with Gasteiger partial charge in [-0.05, 0) is 84.9 Å². The third-order valence-corrected chi connectivity index (χ3v) is 14.0. The molecule has 3 amide bonds. The number of rotatable bonds is 20. The Labute approximate surface area is 391 Å². The molecule has 3 heterocycles. The lowest BCUT2D eigenvalue weighted by atomic mass is 9.85. The molecular weight excluding hydrogens is 853 g/mol. The largest absolute Gasteiger partial charge is 0.494 e. The summed E-state index contributed by atoms with van der Waals surface area (Å²) in [6, 6.07) is 17.7. The predicted molar refractivity (Wildman–Crippen MR) is 257 cm³/mol. The maximum Gasteiger partial charge on any atom is 0.335 e. The second-order valence-electron chi connectivity index (χ2n) is 19.0. The van der Waals surface area contributed by atoms with Crippen LogP contribution in [0, 0.1) is 12.3 Å². The number of fused-ring (bicyclic) bond motifs is 1. The number of hydrogen-bond acceptors (Lipinski definition) is 10. The number of nitrogens with zero attached hydrogens (tertiary/aromatic N) is 4. The third-order valence-electron chi connectivity index (χ3n) is 13.0. The van der Waals surface area contributed by atoms with Crippen LogP contribution in [0.2, 0.25) is 0 Å². The molecule has 2 aromatic heterocycles. The number of thiazole rings is 1. The molecule has 0 spiro atoms. The highest BCUT2D eigenvalue weighted by Gasteiger charge is 2.44. The van der Waals surface area contributed by atoms with Crippen molar-refractivity contribution in [2.24, 2.45) is 5.41 Å². The SMILES string of the molecule is Cc1ncsc1-c1ccc(CNC(=O)C2CC(O)CN2C(=O)C(NC(=O)CCCCCCCCCOc2ccc3c(-c4ccc(C(=O)O)c(C5CCCC5)c4)ncnc3c2)C(C)(C)C)cc1. The van der Waals surface area contributed by atoms with Crippen molar-refractivity contribution in [1.29, 1.82) is 0 Å². The number of unbranched alkanes of at least 4 members (excludes halogenated alkanes) is 6. The van der Waals surface area contributed by atoms with E-state index in [-0.39, 0.29) is 43.1 Å². The van der Waals surface area contributed by atoms with Crippen LogP contribution in [-0.4, -0.2) is 85.1 Å². The fourth-order valence-corrected chi connectivity index (χ4v) is 10.1. The number of carbonyl (C=O) groups is 4. The van der Waals surface area contributed by atoms with Gasteiger partial charge in [-0.2, -0.15) is 0 Å². The number of benzene rings is 3. The monoisotopic (exact) mass is 916 g/mol. The molecule has 1 saturated heterocycles. The van der Waals surface area contributed by atoms with Gasteiger partial charge < -0.3 is 30.5 Å². The smallest absolute Gasteiger partial charge is 0.335 e. The summed E-state index contributed by atoms with van der Waals surface area (Å²) in [5.41, 5.74) is 7.87. The summed E-state index contributed by atoms with van der Waals surface area (Å²) in [6.45, 7) is 8.56. The number of carboxylic acid groups (broad SMARTS) is 1. The van der Waals surface area contributed by atoms with Crippen molar-refractivity contribution in [3.05, 3.63) is 94.9 Å². The Kier molecular flexibility index (Phi) is 16.2. The fourth-order valence-electron chi connectivity index (χ4n) is 9.31. The van der Waals surface area contributed by atoms with E-state index in [1.807, 2.05) is 87.8 Å². The molecule has 1 aliphatic carbocycles. The van der Waals surface area contributed by atoms with Crippen molar-refractivity contribution >= 4 is 45.9 Å². The Morgan fingerprint density at radius 2 is 1.59 bits per heavy atom. The van der Waals surface area contributed by atoms with Crippen LogP contribution < -0.4 is 15.4 Å². The van der Waals surface area contributed by atoms with E-state index in [2.05, 4.69) is 25.6 Å².